The molecule has 0 unspecified atom stereocenters. The Bertz CT molecular complexity index is 525. The van der Waals surface area contributed by atoms with Gasteiger partial charge in [-0.3, -0.25) is 0 Å². The third-order valence-electron chi connectivity index (χ3n) is 1.88. The first kappa shape index (κ1) is 10.5. The van der Waals surface area contributed by atoms with E-state index >= 15 is 0 Å². The molecule has 8 heteroatoms. The molecular weight excluding hydrogens is 249 g/mol. The Hall–Kier alpha value is -1.01. The average Bonchev–Trinajstić information content (AvgIpc) is 2.44. The van der Waals surface area contributed by atoms with E-state index in [2.05, 4.69) is 15.0 Å². The first-order valence-corrected chi connectivity index (χ1v) is 4.60. The number of halogens is 4. The molecule has 0 aliphatic carbocycles. The Morgan fingerprint density at radius 2 is 1.87 bits per heavy atom. The highest BCUT2D eigenvalue weighted by Crippen LogP contribution is 2.26. The predicted octanol–water partition coefficient (Wildman–Crippen LogP) is 2.61. The van der Waals surface area contributed by atoms with Gasteiger partial charge in [-0.15, -0.1) is 0 Å². The van der Waals surface area contributed by atoms with E-state index in [-0.39, 0.29) is 21.6 Å². The lowest BCUT2D eigenvalue weighted by Gasteiger charge is -1.98. The number of aromatic nitrogens is 4. The molecule has 0 radical (unpaired) electrons. The van der Waals surface area contributed by atoms with E-state index in [1.54, 1.807) is 0 Å². The van der Waals surface area contributed by atoms with E-state index in [0.29, 0.717) is 0 Å². The molecule has 0 fully saturated rings. The van der Waals surface area contributed by atoms with Gasteiger partial charge in [0.15, 0.2) is 16.6 Å². The van der Waals surface area contributed by atoms with Crippen LogP contribution in [-0.4, -0.2) is 19.5 Å². The van der Waals surface area contributed by atoms with Crippen molar-refractivity contribution in [2.75, 3.05) is 0 Å². The van der Waals surface area contributed by atoms with Crippen molar-refractivity contribution in [1.29, 1.82) is 0 Å². The minimum Gasteiger partial charge on any atom is -0.311 e. The summed E-state index contributed by atoms with van der Waals surface area (Å²) in [4.78, 5) is 11.0. The van der Waals surface area contributed by atoms with E-state index in [0.717, 1.165) is 4.57 Å². The zero-order chi connectivity index (χ0) is 11.2. The van der Waals surface area contributed by atoms with Gasteiger partial charge in [-0.05, 0) is 11.6 Å². The topological polar surface area (TPSA) is 43.6 Å². The fourth-order valence-electron chi connectivity index (χ4n) is 1.21. The van der Waals surface area contributed by atoms with Gasteiger partial charge in [-0.25, -0.2) is 18.7 Å². The Morgan fingerprint density at radius 1 is 1.20 bits per heavy atom. The highest BCUT2D eigenvalue weighted by Gasteiger charge is 2.20. The Labute approximate surface area is 92.9 Å². The first-order valence-electron chi connectivity index (χ1n) is 3.84. The zero-order valence-corrected chi connectivity index (χ0v) is 8.89. The molecule has 0 atom stereocenters. The minimum atomic E-state index is -2.70. The van der Waals surface area contributed by atoms with Crippen molar-refractivity contribution in [1.82, 2.24) is 19.5 Å². The summed E-state index contributed by atoms with van der Waals surface area (Å²) in [7, 11) is 1.41. The summed E-state index contributed by atoms with van der Waals surface area (Å²) in [6.45, 7) is 0. The molecule has 0 saturated heterocycles. The molecule has 2 rings (SSSR count). The van der Waals surface area contributed by atoms with Crippen LogP contribution >= 0.6 is 23.2 Å². The molecule has 0 amide bonds. The van der Waals surface area contributed by atoms with Gasteiger partial charge in [0.25, 0.3) is 6.43 Å². The summed E-state index contributed by atoms with van der Waals surface area (Å²) in [5, 5.41) is -0.135. The summed E-state index contributed by atoms with van der Waals surface area (Å²) in [5.41, 5.74) is 0.314. The Morgan fingerprint density at radius 3 is 2.47 bits per heavy atom. The number of hydrogen-bond acceptors (Lipinski definition) is 3. The van der Waals surface area contributed by atoms with E-state index in [1.807, 2.05) is 0 Å². The normalized spacial score (nSPS) is 11.6. The van der Waals surface area contributed by atoms with Crippen LogP contribution in [0.2, 0.25) is 10.4 Å². The lowest BCUT2D eigenvalue weighted by Crippen LogP contribution is -1.98. The maximum absolute atomic E-state index is 12.5. The molecule has 2 heterocycles. The summed E-state index contributed by atoms with van der Waals surface area (Å²) < 4.78 is 26.1. The summed E-state index contributed by atoms with van der Waals surface area (Å²) >= 11 is 11.2. The second-order valence-electron chi connectivity index (χ2n) is 2.79. The third-order valence-corrected chi connectivity index (χ3v) is 2.31. The summed E-state index contributed by atoms with van der Waals surface area (Å²) in [5.74, 6) is -0.413. The SMILES string of the molecule is Cn1c(C(F)F)nc2c(Cl)nc(Cl)nc21. The molecule has 0 bridgehead atoms. The van der Waals surface area contributed by atoms with Crippen LogP contribution in [0, 0.1) is 0 Å². The maximum Gasteiger partial charge on any atom is 0.295 e. The molecule has 80 valence electrons. The number of alkyl halides is 2. The van der Waals surface area contributed by atoms with Crippen LogP contribution in [0.25, 0.3) is 11.2 Å². The van der Waals surface area contributed by atoms with Crippen LogP contribution in [0.15, 0.2) is 0 Å². The third kappa shape index (κ3) is 1.63. The van der Waals surface area contributed by atoms with Crippen LogP contribution < -0.4 is 0 Å². The molecule has 0 saturated carbocycles. The highest BCUT2D eigenvalue weighted by atomic mass is 35.5. The number of hydrogen-bond donors (Lipinski definition) is 0. The Kier molecular flexibility index (Phi) is 2.47. The smallest absolute Gasteiger partial charge is 0.295 e. The number of imidazole rings is 1. The standard InChI is InChI=1S/C7H4Cl2F2N4/c1-15-5-2(12-6(15)4(10)11)3(8)13-7(9)14-5/h4H,1H3. The van der Waals surface area contributed by atoms with Crippen LogP contribution in [0.3, 0.4) is 0 Å². The van der Waals surface area contributed by atoms with Crippen molar-refractivity contribution < 1.29 is 8.78 Å². The minimum absolute atomic E-state index is 0.0347. The average molecular weight is 253 g/mol. The number of aryl methyl sites for hydroxylation is 1. The maximum atomic E-state index is 12.5. The molecule has 0 N–H and O–H groups in total. The second-order valence-corrected chi connectivity index (χ2v) is 3.48. The quantitative estimate of drug-likeness (QED) is 0.579. The first-order chi connectivity index (χ1) is 7.00. The monoisotopic (exact) mass is 252 g/mol. The lowest BCUT2D eigenvalue weighted by molar-refractivity contribution is 0.137. The second kappa shape index (κ2) is 3.53. The molecular formula is C7H4Cl2F2N4. The van der Waals surface area contributed by atoms with Gasteiger partial charge in [0.1, 0.15) is 5.52 Å². The number of rotatable bonds is 1. The van der Waals surface area contributed by atoms with Gasteiger partial charge in [-0.1, -0.05) is 11.6 Å². The van der Waals surface area contributed by atoms with Crippen LogP contribution in [0.4, 0.5) is 8.78 Å². The van der Waals surface area contributed by atoms with Crippen molar-refractivity contribution in [2.24, 2.45) is 7.05 Å². The van der Waals surface area contributed by atoms with E-state index in [9.17, 15) is 8.78 Å². The summed E-state index contributed by atoms with van der Waals surface area (Å²) in [6.07, 6.45) is -2.70. The van der Waals surface area contributed by atoms with Gasteiger partial charge in [-0.2, -0.15) is 4.98 Å². The Balaban J connectivity index is 2.82. The van der Waals surface area contributed by atoms with E-state index < -0.39 is 12.2 Å². The van der Waals surface area contributed by atoms with Gasteiger partial charge in [0.2, 0.25) is 5.28 Å². The largest absolute Gasteiger partial charge is 0.311 e. The molecule has 0 aliphatic heterocycles. The van der Waals surface area contributed by atoms with Crippen molar-refractivity contribution in [2.45, 2.75) is 6.43 Å². The molecule has 15 heavy (non-hydrogen) atoms. The zero-order valence-electron chi connectivity index (χ0n) is 7.38. The van der Waals surface area contributed by atoms with Crippen molar-refractivity contribution in [3.8, 4) is 0 Å². The fourth-order valence-corrected chi connectivity index (χ4v) is 1.63. The molecule has 2 aromatic heterocycles. The molecule has 0 spiro atoms. The lowest BCUT2D eigenvalue weighted by atomic mass is 10.5. The van der Waals surface area contributed by atoms with Crippen LogP contribution in [0.1, 0.15) is 12.2 Å². The van der Waals surface area contributed by atoms with Crippen molar-refractivity contribution >= 4 is 34.4 Å². The van der Waals surface area contributed by atoms with Gasteiger partial charge in [0, 0.05) is 7.05 Å². The predicted molar refractivity (Wildman–Crippen MR) is 51.3 cm³/mol. The van der Waals surface area contributed by atoms with Crippen molar-refractivity contribution in [3.05, 3.63) is 16.3 Å². The van der Waals surface area contributed by atoms with E-state index in [4.69, 9.17) is 23.2 Å². The summed E-state index contributed by atoms with van der Waals surface area (Å²) in [6, 6.07) is 0. The molecule has 4 nitrogen and oxygen atoms in total. The van der Waals surface area contributed by atoms with Crippen molar-refractivity contribution in [3.63, 3.8) is 0 Å². The van der Waals surface area contributed by atoms with Gasteiger partial charge in [0.05, 0.1) is 0 Å². The van der Waals surface area contributed by atoms with Gasteiger partial charge >= 0.3 is 0 Å². The van der Waals surface area contributed by atoms with Crippen LogP contribution in [-0.2, 0) is 7.05 Å². The number of fused-ring (bicyclic) bond motifs is 1. The van der Waals surface area contributed by atoms with Gasteiger partial charge < -0.3 is 4.57 Å². The molecule has 0 aliphatic rings. The molecule has 0 aromatic carbocycles. The van der Waals surface area contributed by atoms with E-state index in [1.165, 1.54) is 7.05 Å². The molecule has 2 aromatic rings. The van der Waals surface area contributed by atoms with Crippen LogP contribution in [0.5, 0.6) is 0 Å². The fraction of sp³-hybridized carbons (Fsp3) is 0.286. The highest BCUT2D eigenvalue weighted by molar-refractivity contribution is 6.35. The number of nitrogens with zero attached hydrogens (tertiary/aromatic N) is 4.